The first-order valence-corrected chi connectivity index (χ1v) is 7.59. The third kappa shape index (κ3) is 4.63. The lowest BCUT2D eigenvalue weighted by atomic mass is 9.91. The van der Waals surface area contributed by atoms with Crippen molar-refractivity contribution in [2.45, 2.75) is 51.4 Å². The van der Waals surface area contributed by atoms with Gasteiger partial charge in [-0.05, 0) is 37.8 Å². The molecule has 1 saturated carbocycles. The van der Waals surface area contributed by atoms with Gasteiger partial charge in [0.1, 0.15) is 5.75 Å². The highest BCUT2D eigenvalue weighted by molar-refractivity contribution is 5.36. The fourth-order valence-electron chi connectivity index (χ4n) is 3.08. The van der Waals surface area contributed by atoms with Gasteiger partial charge in [-0.15, -0.1) is 13.2 Å². The van der Waals surface area contributed by atoms with E-state index < -0.39 is 6.36 Å². The molecule has 5 heteroatoms. The molecular weight excluding hydrogens is 279 g/mol. The molecule has 118 valence electrons. The zero-order valence-electron chi connectivity index (χ0n) is 12.2. The highest BCUT2D eigenvalue weighted by Crippen LogP contribution is 2.40. The van der Waals surface area contributed by atoms with Crippen LogP contribution in [0.1, 0.15) is 50.6 Å². The molecule has 1 aromatic carbocycles. The van der Waals surface area contributed by atoms with Crippen LogP contribution >= 0.6 is 0 Å². The summed E-state index contributed by atoms with van der Waals surface area (Å²) >= 11 is 0. The highest BCUT2D eigenvalue weighted by atomic mass is 19.4. The van der Waals surface area contributed by atoms with Gasteiger partial charge in [0.2, 0.25) is 0 Å². The summed E-state index contributed by atoms with van der Waals surface area (Å²) in [7, 11) is 0. The second kappa shape index (κ2) is 7.16. The van der Waals surface area contributed by atoms with Crippen molar-refractivity contribution in [1.82, 2.24) is 5.32 Å². The summed E-state index contributed by atoms with van der Waals surface area (Å²) in [5.41, 5.74) is 0.621. The van der Waals surface area contributed by atoms with Crippen molar-refractivity contribution >= 4 is 0 Å². The van der Waals surface area contributed by atoms with E-state index in [-0.39, 0.29) is 11.8 Å². The maximum Gasteiger partial charge on any atom is 0.573 e. The Bertz CT molecular complexity index is 441. The second-order valence-corrected chi connectivity index (χ2v) is 5.56. The Morgan fingerprint density at radius 2 is 1.90 bits per heavy atom. The van der Waals surface area contributed by atoms with E-state index in [0.29, 0.717) is 11.5 Å². The summed E-state index contributed by atoms with van der Waals surface area (Å²) in [5, 5.41) is 3.41. The van der Waals surface area contributed by atoms with Gasteiger partial charge in [-0.2, -0.15) is 0 Å². The minimum absolute atomic E-state index is 0.0639. The molecule has 0 heterocycles. The largest absolute Gasteiger partial charge is 0.573 e. The summed E-state index contributed by atoms with van der Waals surface area (Å²) in [6.45, 7) is 2.85. The maximum absolute atomic E-state index is 12.6. The van der Waals surface area contributed by atoms with Gasteiger partial charge in [0.25, 0.3) is 0 Å². The number of halogens is 3. The molecule has 21 heavy (non-hydrogen) atoms. The topological polar surface area (TPSA) is 21.3 Å². The fraction of sp³-hybridized carbons (Fsp3) is 0.625. The summed E-state index contributed by atoms with van der Waals surface area (Å²) in [5.74, 6) is 0.306. The molecule has 2 nitrogen and oxygen atoms in total. The molecule has 0 spiro atoms. The molecule has 1 atom stereocenters. The average Bonchev–Trinajstić information content (AvgIpc) is 2.93. The monoisotopic (exact) mass is 301 g/mol. The van der Waals surface area contributed by atoms with Gasteiger partial charge in [-0.25, -0.2) is 0 Å². The quantitative estimate of drug-likeness (QED) is 0.813. The second-order valence-electron chi connectivity index (χ2n) is 5.56. The smallest absolute Gasteiger partial charge is 0.405 e. The third-order valence-corrected chi connectivity index (χ3v) is 3.97. The van der Waals surface area contributed by atoms with Crippen molar-refractivity contribution < 1.29 is 17.9 Å². The Kier molecular flexibility index (Phi) is 5.51. The molecule has 1 aliphatic carbocycles. The predicted octanol–water partition coefficient (Wildman–Crippen LogP) is 4.82. The number of para-hydroxylation sites is 1. The fourth-order valence-corrected chi connectivity index (χ4v) is 3.08. The lowest BCUT2D eigenvalue weighted by Crippen LogP contribution is -2.29. The third-order valence-electron chi connectivity index (χ3n) is 3.97. The number of rotatable bonds is 6. The maximum atomic E-state index is 12.6. The van der Waals surface area contributed by atoms with Crippen molar-refractivity contribution in [2.24, 2.45) is 5.92 Å². The molecule has 1 aromatic rings. The number of hydrogen-bond acceptors (Lipinski definition) is 2. The van der Waals surface area contributed by atoms with Crippen molar-refractivity contribution in [3.8, 4) is 5.75 Å². The van der Waals surface area contributed by atoms with E-state index in [4.69, 9.17) is 0 Å². The van der Waals surface area contributed by atoms with Gasteiger partial charge in [0.05, 0.1) is 0 Å². The van der Waals surface area contributed by atoms with Gasteiger partial charge in [0.15, 0.2) is 0 Å². The van der Waals surface area contributed by atoms with Crippen LogP contribution in [0.15, 0.2) is 24.3 Å². The van der Waals surface area contributed by atoms with Crippen LogP contribution in [0.2, 0.25) is 0 Å². The lowest BCUT2D eigenvalue weighted by molar-refractivity contribution is -0.275. The molecule has 1 aliphatic rings. The molecule has 0 aliphatic heterocycles. The van der Waals surface area contributed by atoms with Crippen molar-refractivity contribution in [3.63, 3.8) is 0 Å². The summed E-state index contributed by atoms with van der Waals surface area (Å²) in [4.78, 5) is 0. The summed E-state index contributed by atoms with van der Waals surface area (Å²) in [6.07, 6.45) is 0.713. The van der Waals surface area contributed by atoms with Gasteiger partial charge in [-0.3, -0.25) is 0 Å². The molecule has 0 radical (unpaired) electrons. The van der Waals surface area contributed by atoms with E-state index in [2.05, 4.69) is 17.0 Å². The van der Waals surface area contributed by atoms with Gasteiger partial charge < -0.3 is 10.1 Å². The molecule has 0 aromatic heterocycles. The van der Waals surface area contributed by atoms with E-state index in [9.17, 15) is 13.2 Å². The molecule has 0 amide bonds. The van der Waals surface area contributed by atoms with Crippen molar-refractivity contribution in [1.29, 1.82) is 0 Å². The molecule has 0 bridgehead atoms. The normalized spacial score (nSPS) is 17.9. The van der Waals surface area contributed by atoms with E-state index in [1.54, 1.807) is 18.2 Å². The minimum atomic E-state index is -4.65. The average molecular weight is 301 g/mol. The number of hydrogen-bond donors (Lipinski definition) is 1. The van der Waals surface area contributed by atoms with Crippen LogP contribution in [0.5, 0.6) is 5.75 Å². The van der Waals surface area contributed by atoms with Gasteiger partial charge in [0, 0.05) is 11.6 Å². The first-order chi connectivity index (χ1) is 10.0. The molecule has 1 N–H and O–H groups in total. The standard InChI is InChI=1S/C16H22F3NO/c1-2-11-20-15(12-7-3-4-8-12)13-9-5-6-10-14(13)21-16(17,18)19/h5-6,9-10,12,15,20H,2-4,7-8,11H2,1H3. The van der Waals surface area contributed by atoms with Crippen LogP contribution in [-0.4, -0.2) is 12.9 Å². The number of benzene rings is 1. The first-order valence-electron chi connectivity index (χ1n) is 7.59. The van der Waals surface area contributed by atoms with Crippen LogP contribution in [0.4, 0.5) is 13.2 Å². The van der Waals surface area contributed by atoms with Crippen molar-refractivity contribution in [3.05, 3.63) is 29.8 Å². The van der Waals surface area contributed by atoms with Crippen LogP contribution in [0, 0.1) is 5.92 Å². The van der Waals surface area contributed by atoms with E-state index in [1.165, 1.54) is 6.07 Å². The number of alkyl halides is 3. The summed E-state index contributed by atoms with van der Waals surface area (Å²) in [6, 6.07) is 6.43. The van der Waals surface area contributed by atoms with E-state index in [1.807, 2.05) is 0 Å². The first kappa shape index (κ1) is 16.1. The Labute approximate surface area is 123 Å². The van der Waals surface area contributed by atoms with E-state index in [0.717, 1.165) is 38.6 Å². The Morgan fingerprint density at radius 3 is 2.52 bits per heavy atom. The molecule has 2 rings (SSSR count). The van der Waals surface area contributed by atoms with Crippen LogP contribution in [-0.2, 0) is 0 Å². The molecule has 1 fully saturated rings. The molecule has 0 saturated heterocycles. The SMILES string of the molecule is CCCNC(c1ccccc1OC(F)(F)F)C1CCCC1. The number of ether oxygens (including phenoxy) is 1. The van der Waals surface area contributed by atoms with Gasteiger partial charge in [-0.1, -0.05) is 38.0 Å². The Hall–Kier alpha value is -1.23. The highest BCUT2D eigenvalue weighted by Gasteiger charge is 2.34. The van der Waals surface area contributed by atoms with Crippen molar-refractivity contribution in [2.75, 3.05) is 6.54 Å². The Morgan fingerprint density at radius 1 is 1.24 bits per heavy atom. The van der Waals surface area contributed by atoms with Crippen LogP contribution in [0.3, 0.4) is 0 Å². The van der Waals surface area contributed by atoms with Gasteiger partial charge >= 0.3 is 6.36 Å². The molecular formula is C16H22F3NO. The molecule has 1 unspecified atom stereocenters. The minimum Gasteiger partial charge on any atom is -0.405 e. The predicted molar refractivity (Wildman–Crippen MR) is 76.1 cm³/mol. The summed E-state index contributed by atoms with van der Waals surface area (Å²) < 4.78 is 41.9. The lowest BCUT2D eigenvalue weighted by Gasteiger charge is -2.27. The van der Waals surface area contributed by atoms with E-state index >= 15 is 0 Å². The Balaban J connectivity index is 2.25. The van der Waals surface area contributed by atoms with Crippen LogP contribution in [0.25, 0.3) is 0 Å². The zero-order valence-corrected chi connectivity index (χ0v) is 12.2. The number of nitrogens with one attached hydrogen (secondary N) is 1. The zero-order chi connectivity index (χ0) is 15.3. The van der Waals surface area contributed by atoms with Crippen LogP contribution < -0.4 is 10.1 Å².